The summed E-state index contributed by atoms with van der Waals surface area (Å²) in [7, 11) is 0.984. The first-order valence-electron chi connectivity index (χ1n) is 5.63. The number of nitriles is 1. The molecule has 0 spiro atoms. The third-order valence-electron chi connectivity index (χ3n) is 2.82. The highest BCUT2D eigenvalue weighted by Gasteiger charge is 2.13. The van der Waals surface area contributed by atoms with Gasteiger partial charge in [0.2, 0.25) is 0 Å². The molecule has 0 radical (unpaired) electrons. The fourth-order valence-electron chi connectivity index (χ4n) is 1.66. The van der Waals surface area contributed by atoms with Crippen molar-refractivity contribution < 1.29 is 8.60 Å². The second kappa shape index (κ2) is 6.62. The Labute approximate surface area is 110 Å². The van der Waals surface area contributed by atoms with Gasteiger partial charge in [0.25, 0.3) is 0 Å². The molecule has 0 N–H and O–H groups in total. The largest absolute Gasteiger partial charge is 0.298 e. The number of benzene rings is 1. The molecule has 0 heterocycles. The molecule has 0 bridgehead atoms. The molecule has 0 fully saturated rings. The van der Waals surface area contributed by atoms with E-state index < -0.39 is 10.8 Å². The summed E-state index contributed by atoms with van der Waals surface area (Å²) in [5.74, 6) is 0.237. The Balaban J connectivity index is 2.78. The standard InChI is InChI=1S/C13H17FN2OS/c1-10(9-18(3)17)16(2)8-12-6-11(7-15)4-5-13(12)14/h4-6,10H,8-9H2,1-3H3/t10-,18-/m0/s1. The van der Waals surface area contributed by atoms with E-state index in [1.807, 2.05) is 24.9 Å². The highest BCUT2D eigenvalue weighted by molar-refractivity contribution is 7.84. The summed E-state index contributed by atoms with van der Waals surface area (Å²) < 4.78 is 24.7. The van der Waals surface area contributed by atoms with Gasteiger partial charge >= 0.3 is 0 Å². The van der Waals surface area contributed by atoms with E-state index in [0.717, 1.165) is 0 Å². The summed E-state index contributed by atoms with van der Waals surface area (Å²) in [5, 5.41) is 8.79. The van der Waals surface area contributed by atoms with Crippen molar-refractivity contribution in [1.29, 1.82) is 5.26 Å². The molecule has 0 saturated carbocycles. The van der Waals surface area contributed by atoms with Crippen molar-refractivity contribution in [2.45, 2.75) is 19.5 Å². The van der Waals surface area contributed by atoms with Gasteiger partial charge in [0.15, 0.2) is 0 Å². The van der Waals surface area contributed by atoms with Crippen LogP contribution in [0, 0.1) is 17.1 Å². The molecule has 0 aromatic heterocycles. The van der Waals surface area contributed by atoms with Crippen LogP contribution in [-0.2, 0) is 17.3 Å². The van der Waals surface area contributed by atoms with E-state index in [9.17, 15) is 8.60 Å². The van der Waals surface area contributed by atoms with Crippen LogP contribution in [0.5, 0.6) is 0 Å². The molecule has 0 aliphatic rings. The Morgan fingerprint density at radius 2 is 2.22 bits per heavy atom. The van der Waals surface area contributed by atoms with Gasteiger partial charge in [-0.05, 0) is 32.2 Å². The van der Waals surface area contributed by atoms with Crippen molar-refractivity contribution >= 4 is 10.8 Å². The van der Waals surface area contributed by atoms with E-state index in [1.165, 1.54) is 12.1 Å². The molecular weight excluding hydrogens is 251 g/mol. The van der Waals surface area contributed by atoms with Gasteiger partial charge in [-0.15, -0.1) is 0 Å². The molecule has 0 aliphatic heterocycles. The zero-order valence-corrected chi connectivity index (χ0v) is 11.6. The van der Waals surface area contributed by atoms with Crippen LogP contribution in [0.2, 0.25) is 0 Å². The molecule has 1 aromatic rings. The van der Waals surface area contributed by atoms with E-state index in [-0.39, 0.29) is 11.9 Å². The zero-order valence-electron chi connectivity index (χ0n) is 10.8. The van der Waals surface area contributed by atoms with Crippen molar-refractivity contribution in [3.63, 3.8) is 0 Å². The first-order chi connectivity index (χ1) is 8.43. The van der Waals surface area contributed by atoms with Gasteiger partial charge in [0.1, 0.15) is 5.82 Å². The molecule has 18 heavy (non-hydrogen) atoms. The number of hydrogen-bond acceptors (Lipinski definition) is 3. The number of nitrogens with zero attached hydrogens (tertiary/aromatic N) is 2. The van der Waals surface area contributed by atoms with Crippen molar-refractivity contribution in [3.8, 4) is 6.07 Å². The molecule has 0 saturated heterocycles. The van der Waals surface area contributed by atoms with Crippen molar-refractivity contribution in [2.24, 2.45) is 0 Å². The Hall–Kier alpha value is -1.25. The lowest BCUT2D eigenvalue weighted by molar-refractivity contribution is 0.265. The summed E-state index contributed by atoms with van der Waals surface area (Å²) in [4.78, 5) is 1.93. The topological polar surface area (TPSA) is 44.1 Å². The molecule has 1 aromatic carbocycles. The van der Waals surface area contributed by atoms with E-state index >= 15 is 0 Å². The second-order valence-corrected chi connectivity index (χ2v) is 5.90. The third-order valence-corrected chi connectivity index (χ3v) is 3.77. The van der Waals surface area contributed by atoms with E-state index in [0.29, 0.717) is 23.4 Å². The first-order valence-corrected chi connectivity index (χ1v) is 7.35. The minimum absolute atomic E-state index is 0.0981. The molecule has 0 amide bonds. The lowest BCUT2D eigenvalue weighted by Gasteiger charge is -2.24. The van der Waals surface area contributed by atoms with Crippen LogP contribution in [0.15, 0.2) is 18.2 Å². The van der Waals surface area contributed by atoms with Gasteiger partial charge in [-0.3, -0.25) is 9.11 Å². The lowest BCUT2D eigenvalue weighted by Crippen LogP contribution is -2.33. The number of rotatable bonds is 5. The van der Waals surface area contributed by atoms with Gasteiger partial charge in [-0.2, -0.15) is 5.26 Å². The number of hydrogen-bond donors (Lipinski definition) is 0. The number of halogens is 1. The average molecular weight is 268 g/mol. The maximum Gasteiger partial charge on any atom is 0.127 e. The molecule has 0 unspecified atom stereocenters. The van der Waals surface area contributed by atoms with Crippen LogP contribution in [0.4, 0.5) is 4.39 Å². The summed E-state index contributed by atoms with van der Waals surface area (Å²) in [5.41, 5.74) is 0.941. The van der Waals surface area contributed by atoms with Gasteiger partial charge < -0.3 is 0 Å². The molecule has 1 rings (SSSR count). The van der Waals surface area contributed by atoms with E-state index in [4.69, 9.17) is 5.26 Å². The monoisotopic (exact) mass is 268 g/mol. The summed E-state index contributed by atoms with van der Waals surface area (Å²) in [6.45, 7) is 2.35. The van der Waals surface area contributed by atoms with E-state index in [2.05, 4.69) is 0 Å². The predicted octanol–water partition coefficient (Wildman–Crippen LogP) is 1.90. The van der Waals surface area contributed by atoms with Crippen molar-refractivity contribution in [1.82, 2.24) is 4.90 Å². The normalized spacial score (nSPS) is 14.2. The highest BCUT2D eigenvalue weighted by atomic mass is 32.2. The van der Waals surface area contributed by atoms with Crippen molar-refractivity contribution in [3.05, 3.63) is 35.1 Å². The third kappa shape index (κ3) is 4.21. The lowest BCUT2D eigenvalue weighted by atomic mass is 10.1. The molecule has 2 atom stereocenters. The van der Waals surface area contributed by atoms with Crippen LogP contribution >= 0.6 is 0 Å². The minimum Gasteiger partial charge on any atom is -0.298 e. The SMILES string of the molecule is C[C@@H](C[S@](C)=O)N(C)Cc1cc(C#N)ccc1F. The maximum absolute atomic E-state index is 13.6. The fraction of sp³-hybridized carbons (Fsp3) is 0.462. The Morgan fingerprint density at radius 3 is 2.78 bits per heavy atom. The second-order valence-electron chi connectivity index (χ2n) is 4.42. The summed E-state index contributed by atoms with van der Waals surface area (Å²) in [6.07, 6.45) is 1.65. The van der Waals surface area contributed by atoms with Gasteiger partial charge in [-0.1, -0.05) is 0 Å². The Bertz CT molecular complexity index is 484. The molecule has 3 nitrogen and oxygen atoms in total. The smallest absolute Gasteiger partial charge is 0.127 e. The maximum atomic E-state index is 13.6. The van der Waals surface area contributed by atoms with Gasteiger partial charge in [0.05, 0.1) is 11.6 Å². The summed E-state index contributed by atoms with van der Waals surface area (Å²) in [6, 6.07) is 6.42. The van der Waals surface area contributed by atoms with Crippen molar-refractivity contribution in [2.75, 3.05) is 19.1 Å². The fourth-order valence-corrected chi connectivity index (χ4v) is 2.59. The van der Waals surface area contributed by atoms with Gasteiger partial charge in [0, 0.05) is 41.0 Å². The van der Waals surface area contributed by atoms with E-state index in [1.54, 1.807) is 12.3 Å². The summed E-state index contributed by atoms with van der Waals surface area (Å²) >= 11 is 0. The minimum atomic E-state index is -0.873. The molecular formula is C13H17FN2OS. The average Bonchev–Trinajstić information content (AvgIpc) is 2.31. The first kappa shape index (κ1) is 14.8. The molecule has 0 aliphatic carbocycles. The van der Waals surface area contributed by atoms with Gasteiger partial charge in [-0.25, -0.2) is 4.39 Å². The van der Waals surface area contributed by atoms with Crippen LogP contribution < -0.4 is 0 Å². The predicted molar refractivity (Wildman–Crippen MR) is 71.0 cm³/mol. The molecule has 5 heteroatoms. The van der Waals surface area contributed by atoms with Crippen LogP contribution in [0.3, 0.4) is 0 Å². The Kier molecular flexibility index (Phi) is 5.45. The van der Waals surface area contributed by atoms with Crippen LogP contribution in [0.1, 0.15) is 18.1 Å². The highest BCUT2D eigenvalue weighted by Crippen LogP contribution is 2.13. The quantitative estimate of drug-likeness (QED) is 0.819. The van der Waals surface area contributed by atoms with Crippen LogP contribution in [0.25, 0.3) is 0 Å². The zero-order chi connectivity index (χ0) is 13.7. The molecule has 98 valence electrons. The van der Waals surface area contributed by atoms with Crippen LogP contribution in [-0.4, -0.2) is 34.2 Å². The Morgan fingerprint density at radius 1 is 1.56 bits per heavy atom.